The third kappa shape index (κ3) is 4.79. The summed E-state index contributed by atoms with van der Waals surface area (Å²) in [6, 6.07) is 10.7. The first-order valence-electron chi connectivity index (χ1n) is 6.75. The molecule has 116 valence electrons. The van der Waals surface area contributed by atoms with Gasteiger partial charge in [0.2, 0.25) is 5.91 Å². The molecule has 0 aliphatic heterocycles. The average molecular weight is 325 g/mol. The van der Waals surface area contributed by atoms with Crippen LogP contribution in [-0.4, -0.2) is 12.5 Å². The Balaban J connectivity index is 1.74. The van der Waals surface area contributed by atoms with Crippen molar-refractivity contribution < 1.29 is 13.6 Å². The fourth-order valence-corrected chi connectivity index (χ4v) is 2.07. The van der Waals surface area contributed by atoms with Crippen LogP contribution in [0.5, 0.6) is 0 Å². The maximum Gasteiger partial charge on any atom is 0.225 e. The molecule has 0 aliphatic rings. The Labute approximate surface area is 132 Å². The topological polar surface area (TPSA) is 41.1 Å². The lowest BCUT2D eigenvalue weighted by molar-refractivity contribution is -0.116. The van der Waals surface area contributed by atoms with Crippen LogP contribution in [0.1, 0.15) is 12.0 Å². The normalized spacial score (nSPS) is 10.5. The van der Waals surface area contributed by atoms with Crippen molar-refractivity contribution in [3.63, 3.8) is 0 Å². The van der Waals surface area contributed by atoms with Crippen LogP contribution in [0.4, 0.5) is 14.5 Å². The van der Waals surface area contributed by atoms with Gasteiger partial charge in [0.25, 0.3) is 0 Å². The largest absolute Gasteiger partial charge is 0.326 e. The standard InChI is InChI=1S/C16H15ClF2N2O/c17-13-4-2-1-3-11(13)10-20-8-7-16(22)21-12-5-6-14(18)15(19)9-12/h1-6,9,20H,7-8,10H2,(H,21,22). The molecule has 2 aromatic rings. The summed E-state index contributed by atoms with van der Waals surface area (Å²) in [5.74, 6) is -2.22. The van der Waals surface area contributed by atoms with Gasteiger partial charge in [-0.15, -0.1) is 0 Å². The molecule has 0 unspecified atom stereocenters. The first-order chi connectivity index (χ1) is 10.6. The molecule has 0 spiro atoms. The van der Waals surface area contributed by atoms with E-state index in [1.54, 1.807) is 6.07 Å². The van der Waals surface area contributed by atoms with Gasteiger partial charge in [-0.1, -0.05) is 29.8 Å². The van der Waals surface area contributed by atoms with Crippen LogP contribution >= 0.6 is 11.6 Å². The average Bonchev–Trinajstić information content (AvgIpc) is 2.49. The highest BCUT2D eigenvalue weighted by Gasteiger charge is 2.06. The van der Waals surface area contributed by atoms with Gasteiger partial charge >= 0.3 is 0 Å². The van der Waals surface area contributed by atoms with Crippen molar-refractivity contribution in [1.29, 1.82) is 0 Å². The molecule has 0 aliphatic carbocycles. The van der Waals surface area contributed by atoms with E-state index in [0.29, 0.717) is 18.1 Å². The fourth-order valence-electron chi connectivity index (χ4n) is 1.86. The molecule has 0 saturated carbocycles. The Kier molecular flexibility index (Phi) is 5.86. The van der Waals surface area contributed by atoms with Gasteiger partial charge in [-0.2, -0.15) is 0 Å². The SMILES string of the molecule is O=C(CCNCc1ccccc1Cl)Nc1ccc(F)c(F)c1. The number of carbonyl (C=O) groups is 1. The molecule has 22 heavy (non-hydrogen) atoms. The quantitative estimate of drug-likeness (QED) is 0.795. The molecule has 0 saturated heterocycles. The third-order valence-electron chi connectivity index (χ3n) is 3.01. The molecule has 2 rings (SSSR count). The van der Waals surface area contributed by atoms with Crippen LogP contribution in [0.25, 0.3) is 0 Å². The Bertz CT molecular complexity index is 664. The molecular weight excluding hydrogens is 310 g/mol. The van der Waals surface area contributed by atoms with E-state index < -0.39 is 11.6 Å². The second-order valence-electron chi connectivity index (χ2n) is 4.70. The molecule has 0 atom stereocenters. The second-order valence-corrected chi connectivity index (χ2v) is 5.10. The van der Waals surface area contributed by atoms with Crippen LogP contribution in [-0.2, 0) is 11.3 Å². The first kappa shape index (κ1) is 16.4. The summed E-state index contributed by atoms with van der Waals surface area (Å²) in [5.41, 5.74) is 1.18. The van der Waals surface area contributed by atoms with Crippen molar-refractivity contribution in [2.24, 2.45) is 0 Å². The Morgan fingerprint density at radius 1 is 1.09 bits per heavy atom. The summed E-state index contributed by atoms with van der Waals surface area (Å²) in [5, 5.41) is 6.28. The Morgan fingerprint density at radius 3 is 2.59 bits per heavy atom. The summed E-state index contributed by atoms with van der Waals surface area (Å²) >= 11 is 6.02. The first-order valence-corrected chi connectivity index (χ1v) is 7.13. The Hall–Kier alpha value is -1.98. The van der Waals surface area contributed by atoms with Crippen molar-refractivity contribution >= 4 is 23.2 Å². The molecule has 0 heterocycles. The Morgan fingerprint density at radius 2 is 1.86 bits per heavy atom. The zero-order valence-electron chi connectivity index (χ0n) is 11.7. The van der Waals surface area contributed by atoms with Gasteiger partial charge in [-0.05, 0) is 23.8 Å². The number of nitrogens with one attached hydrogen (secondary N) is 2. The number of anilines is 1. The van der Waals surface area contributed by atoms with Crippen molar-refractivity contribution in [2.45, 2.75) is 13.0 Å². The van der Waals surface area contributed by atoms with Gasteiger partial charge in [0, 0.05) is 36.3 Å². The number of benzene rings is 2. The van der Waals surface area contributed by atoms with E-state index in [2.05, 4.69) is 10.6 Å². The molecule has 1 amide bonds. The minimum Gasteiger partial charge on any atom is -0.326 e. The van der Waals surface area contributed by atoms with Gasteiger partial charge in [-0.25, -0.2) is 8.78 Å². The van der Waals surface area contributed by atoms with Crippen molar-refractivity contribution in [1.82, 2.24) is 5.32 Å². The lowest BCUT2D eigenvalue weighted by Crippen LogP contribution is -2.21. The van der Waals surface area contributed by atoms with E-state index in [0.717, 1.165) is 17.7 Å². The van der Waals surface area contributed by atoms with Gasteiger partial charge in [0.05, 0.1) is 0 Å². The van der Waals surface area contributed by atoms with Gasteiger partial charge in [0.15, 0.2) is 11.6 Å². The number of carbonyl (C=O) groups excluding carboxylic acids is 1. The van der Waals surface area contributed by atoms with E-state index in [-0.39, 0.29) is 18.0 Å². The predicted molar refractivity (Wildman–Crippen MR) is 82.8 cm³/mol. The zero-order chi connectivity index (χ0) is 15.9. The highest BCUT2D eigenvalue weighted by molar-refractivity contribution is 6.31. The van der Waals surface area contributed by atoms with Gasteiger partial charge in [-0.3, -0.25) is 4.79 Å². The van der Waals surface area contributed by atoms with Gasteiger partial charge in [0.1, 0.15) is 0 Å². The lowest BCUT2D eigenvalue weighted by atomic mass is 10.2. The van der Waals surface area contributed by atoms with E-state index in [1.807, 2.05) is 18.2 Å². The van der Waals surface area contributed by atoms with Crippen LogP contribution in [0.3, 0.4) is 0 Å². The lowest BCUT2D eigenvalue weighted by Gasteiger charge is -2.08. The predicted octanol–water partition coefficient (Wildman–Crippen LogP) is 3.74. The van der Waals surface area contributed by atoms with E-state index in [1.165, 1.54) is 6.07 Å². The van der Waals surface area contributed by atoms with Crippen LogP contribution in [0.2, 0.25) is 5.02 Å². The fraction of sp³-hybridized carbons (Fsp3) is 0.188. The van der Waals surface area contributed by atoms with E-state index >= 15 is 0 Å². The summed E-state index contributed by atoms with van der Waals surface area (Å²) in [4.78, 5) is 11.7. The summed E-state index contributed by atoms with van der Waals surface area (Å²) in [6.45, 7) is 0.999. The van der Waals surface area contributed by atoms with Crippen molar-refractivity contribution in [3.8, 4) is 0 Å². The highest BCUT2D eigenvalue weighted by atomic mass is 35.5. The van der Waals surface area contributed by atoms with Crippen LogP contribution in [0, 0.1) is 11.6 Å². The van der Waals surface area contributed by atoms with E-state index in [4.69, 9.17) is 11.6 Å². The van der Waals surface area contributed by atoms with E-state index in [9.17, 15) is 13.6 Å². The molecular formula is C16H15ClF2N2O. The second kappa shape index (κ2) is 7.87. The summed E-state index contributed by atoms with van der Waals surface area (Å²) in [6.07, 6.45) is 0.212. The molecule has 0 bridgehead atoms. The number of halogens is 3. The van der Waals surface area contributed by atoms with Crippen LogP contribution in [0.15, 0.2) is 42.5 Å². The van der Waals surface area contributed by atoms with Crippen molar-refractivity contribution in [3.05, 3.63) is 64.7 Å². The molecule has 0 radical (unpaired) electrons. The molecule has 2 N–H and O–H groups in total. The molecule has 6 heteroatoms. The number of rotatable bonds is 6. The molecule has 3 nitrogen and oxygen atoms in total. The minimum atomic E-state index is -0.991. The number of hydrogen-bond donors (Lipinski definition) is 2. The number of hydrogen-bond acceptors (Lipinski definition) is 2. The van der Waals surface area contributed by atoms with Crippen molar-refractivity contribution in [2.75, 3.05) is 11.9 Å². The molecule has 0 aromatic heterocycles. The maximum atomic E-state index is 13.0. The smallest absolute Gasteiger partial charge is 0.225 e. The zero-order valence-corrected chi connectivity index (χ0v) is 12.5. The number of amides is 1. The molecule has 2 aromatic carbocycles. The summed E-state index contributed by atoms with van der Waals surface area (Å²) < 4.78 is 25.8. The highest BCUT2D eigenvalue weighted by Crippen LogP contribution is 2.14. The maximum absolute atomic E-state index is 13.0. The monoisotopic (exact) mass is 324 g/mol. The third-order valence-corrected chi connectivity index (χ3v) is 3.37. The van der Waals surface area contributed by atoms with Gasteiger partial charge < -0.3 is 10.6 Å². The molecule has 0 fully saturated rings. The minimum absolute atomic E-state index is 0.212. The summed E-state index contributed by atoms with van der Waals surface area (Å²) in [7, 11) is 0. The van der Waals surface area contributed by atoms with Crippen LogP contribution < -0.4 is 10.6 Å².